The lowest BCUT2D eigenvalue weighted by Gasteiger charge is -2.41. The summed E-state index contributed by atoms with van der Waals surface area (Å²) in [5, 5.41) is 3.86. The Kier molecular flexibility index (Phi) is 3.74. The highest BCUT2D eigenvalue weighted by molar-refractivity contribution is 5.10. The number of rotatable bonds is 3. The van der Waals surface area contributed by atoms with Gasteiger partial charge in [0.15, 0.2) is 0 Å². The number of allylic oxidation sites excluding steroid dienone is 2. The first-order valence-corrected chi connectivity index (χ1v) is 8.19. The van der Waals surface area contributed by atoms with Gasteiger partial charge in [-0.25, -0.2) is 0 Å². The first-order chi connectivity index (χ1) is 9.02. The summed E-state index contributed by atoms with van der Waals surface area (Å²) in [6, 6.07) is 0.765. The molecule has 1 saturated carbocycles. The van der Waals surface area contributed by atoms with E-state index in [1.807, 2.05) is 0 Å². The Hall–Kier alpha value is -0.340. The van der Waals surface area contributed by atoms with Crippen LogP contribution < -0.4 is 5.32 Å². The molecule has 3 rings (SSSR count). The summed E-state index contributed by atoms with van der Waals surface area (Å²) in [5.41, 5.74) is 0.348. The minimum Gasteiger partial charge on any atom is -0.314 e. The highest BCUT2D eigenvalue weighted by Gasteiger charge is 2.35. The summed E-state index contributed by atoms with van der Waals surface area (Å²) in [5.74, 6) is 2.74. The van der Waals surface area contributed by atoms with Crippen molar-refractivity contribution in [2.45, 2.75) is 58.0 Å². The molecule has 1 aliphatic heterocycles. The minimum atomic E-state index is 0.348. The molecule has 3 aliphatic rings. The first kappa shape index (κ1) is 13.6. The Labute approximate surface area is 118 Å². The number of hydrogen-bond acceptors (Lipinski definition) is 2. The number of nitrogens with one attached hydrogen (secondary N) is 1. The third-order valence-corrected chi connectivity index (χ3v) is 5.53. The fourth-order valence-electron chi connectivity index (χ4n) is 4.20. The second-order valence-corrected chi connectivity index (χ2v) is 7.88. The van der Waals surface area contributed by atoms with Crippen LogP contribution in [0.15, 0.2) is 12.2 Å². The zero-order chi connectivity index (χ0) is 13.5. The third kappa shape index (κ3) is 3.05. The van der Waals surface area contributed by atoms with E-state index in [0.29, 0.717) is 5.54 Å². The van der Waals surface area contributed by atoms with Crippen molar-refractivity contribution < 1.29 is 0 Å². The summed E-state index contributed by atoms with van der Waals surface area (Å²) < 4.78 is 0. The van der Waals surface area contributed by atoms with E-state index in [1.165, 1.54) is 45.3 Å². The Morgan fingerprint density at radius 1 is 1.11 bits per heavy atom. The largest absolute Gasteiger partial charge is 0.314 e. The number of hydrogen-bond donors (Lipinski definition) is 1. The third-order valence-electron chi connectivity index (χ3n) is 5.53. The van der Waals surface area contributed by atoms with Gasteiger partial charge in [0.05, 0.1) is 0 Å². The van der Waals surface area contributed by atoms with Gasteiger partial charge in [-0.15, -0.1) is 0 Å². The Morgan fingerprint density at radius 2 is 1.84 bits per heavy atom. The summed E-state index contributed by atoms with van der Waals surface area (Å²) in [6.45, 7) is 10.8. The maximum Gasteiger partial charge on any atom is 0.0125 e. The van der Waals surface area contributed by atoms with Crippen LogP contribution in [0, 0.1) is 17.8 Å². The second kappa shape index (κ2) is 5.21. The van der Waals surface area contributed by atoms with Crippen LogP contribution in [0.5, 0.6) is 0 Å². The van der Waals surface area contributed by atoms with Gasteiger partial charge in [-0.05, 0) is 70.8 Å². The molecule has 3 unspecified atom stereocenters. The van der Waals surface area contributed by atoms with E-state index in [0.717, 1.165) is 23.8 Å². The van der Waals surface area contributed by atoms with Gasteiger partial charge in [0, 0.05) is 24.7 Å². The fourth-order valence-corrected chi connectivity index (χ4v) is 4.20. The fraction of sp³-hybridized carbons (Fsp3) is 0.882. The molecule has 0 spiro atoms. The standard InChI is InChI=1S/C17H30N2/c1-17(2,3)19-8-6-16(7-9-19)18-12-15-11-13-4-5-14(15)10-13/h4-5,13-16,18H,6-12H2,1-3H3. The minimum absolute atomic E-state index is 0.348. The molecule has 0 aromatic rings. The van der Waals surface area contributed by atoms with E-state index in [-0.39, 0.29) is 0 Å². The van der Waals surface area contributed by atoms with Gasteiger partial charge < -0.3 is 5.32 Å². The van der Waals surface area contributed by atoms with Crippen LogP contribution in [0.4, 0.5) is 0 Å². The molecule has 108 valence electrons. The van der Waals surface area contributed by atoms with Crippen LogP contribution in [-0.2, 0) is 0 Å². The molecule has 3 atom stereocenters. The number of fused-ring (bicyclic) bond motifs is 2. The van der Waals surface area contributed by atoms with Crippen molar-refractivity contribution in [3.63, 3.8) is 0 Å². The first-order valence-electron chi connectivity index (χ1n) is 8.19. The van der Waals surface area contributed by atoms with Gasteiger partial charge in [-0.1, -0.05) is 12.2 Å². The lowest BCUT2D eigenvalue weighted by molar-refractivity contribution is 0.0951. The van der Waals surface area contributed by atoms with E-state index >= 15 is 0 Å². The molecule has 1 N–H and O–H groups in total. The normalized spacial score (nSPS) is 36.3. The molecule has 0 radical (unpaired) electrons. The summed E-state index contributed by atoms with van der Waals surface area (Å²) >= 11 is 0. The van der Waals surface area contributed by atoms with E-state index in [2.05, 4.69) is 43.1 Å². The predicted octanol–water partition coefficient (Wildman–Crippen LogP) is 3.05. The molecule has 2 nitrogen and oxygen atoms in total. The number of nitrogens with zero attached hydrogens (tertiary/aromatic N) is 1. The van der Waals surface area contributed by atoms with E-state index in [4.69, 9.17) is 0 Å². The van der Waals surface area contributed by atoms with Gasteiger partial charge in [0.25, 0.3) is 0 Å². The van der Waals surface area contributed by atoms with Gasteiger partial charge in [0.2, 0.25) is 0 Å². The highest BCUT2D eigenvalue weighted by Crippen LogP contribution is 2.43. The Morgan fingerprint density at radius 3 is 2.37 bits per heavy atom. The molecule has 1 heterocycles. The molecular weight excluding hydrogens is 232 g/mol. The van der Waals surface area contributed by atoms with Crippen LogP contribution in [0.2, 0.25) is 0 Å². The average molecular weight is 262 g/mol. The predicted molar refractivity (Wildman–Crippen MR) is 81.2 cm³/mol. The van der Waals surface area contributed by atoms with Crippen molar-refractivity contribution in [1.82, 2.24) is 10.2 Å². The lowest BCUT2D eigenvalue weighted by atomic mass is 9.92. The maximum atomic E-state index is 3.86. The van der Waals surface area contributed by atoms with Gasteiger partial charge in [-0.2, -0.15) is 0 Å². The van der Waals surface area contributed by atoms with Crippen molar-refractivity contribution in [3.05, 3.63) is 12.2 Å². The van der Waals surface area contributed by atoms with E-state index in [9.17, 15) is 0 Å². The smallest absolute Gasteiger partial charge is 0.0125 e. The topological polar surface area (TPSA) is 15.3 Å². The SMILES string of the molecule is CC(C)(C)N1CCC(NCC2CC3C=CC2C3)CC1. The van der Waals surface area contributed by atoms with E-state index in [1.54, 1.807) is 0 Å². The highest BCUT2D eigenvalue weighted by atomic mass is 15.2. The van der Waals surface area contributed by atoms with Crippen molar-refractivity contribution in [3.8, 4) is 0 Å². The molecule has 2 fully saturated rings. The summed E-state index contributed by atoms with van der Waals surface area (Å²) in [4.78, 5) is 2.63. The van der Waals surface area contributed by atoms with Gasteiger partial charge >= 0.3 is 0 Å². The number of piperidine rings is 1. The van der Waals surface area contributed by atoms with Crippen LogP contribution in [0.1, 0.15) is 46.5 Å². The summed E-state index contributed by atoms with van der Waals surface area (Å²) in [6.07, 6.45) is 10.5. The van der Waals surface area contributed by atoms with Crippen molar-refractivity contribution >= 4 is 0 Å². The lowest BCUT2D eigenvalue weighted by Crippen LogP contribution is -2.50. The van der Waals surface area contributed by atoms with Crippen molar-refractivity contribution in [2.24, 2.45) is 17.8 Å². The van der Waals surface area contributed by atoms with Crippen LogP contribution >= 0.6 is 0 Å². The Balaban J connectivity index is 1.40. The van der Waals surface area contributed by atoms with Crippen LogP contribution in [-0.4, -0.2) is 36.1 Å². The molecular formula is C17H30N2. The zero-order valence-electron chi connectivity index (χ0n) is 12.9. The van der Waals surface area contributed by atoms with Gasteiger partial charge in [-0.3, -0.25) is 4.90 Å². The summed E-state index contributed by atoms with van der Waals surface area (Å²) in [7, 11) is 0. The molecule has 0 amide bonds. The molecule has 2 heteroatoms. The Bertz CT molecular complexity index is 334. The molecule has 0 aromatic carbocycles. The second-order valence-electron chi connectivity index (χ2n) is 7.88. The van der Waals surface area contributed by atoms with Crippen molar-refractivity contribution in [1.29, 1.82) is 0 Å². The quantitative estimate of drug-likeness (QED) is 0.787. The maximum absolute atomic E-state index is 3.86. The van der Waals surface area contributed by atoms with Gasteiger partial charge in [0.1, 0.15) is 0 Å². The van der Waals surface area contributed by atoms with E-state index < -0.39 is 0 Å². The van der Waals surface area contributed by atoms with Crippen molar-refractivity contribution in [2.75, 3.05) is 19.6 Å². The molecule has 19 heavy (non-hydrogen) atoms. The monoisotopic (exact) mass is 262 g/mol. The number of likely N-dealkylation sites (tertiary alicyclic amines) is 1. The molecule has 0 aromatic heterocycles. The van der Waals surface area contributed by atoms with Crippen LogP contribution in [0.25, 0.3) is 0 Å². The molecule has 2 bridgehead atoms. The molecule has 2 aliphatic carbocycles. The average Bonchev–Trinajstić information content (AvgIpc) is 2.98. The zero-order valence-corrected chi connectivity index (χ0v) is 12.9. The van der Waals surface area contributed by atoms with Crippen LogP contribution in [0.3, 0.4) is 0 Å². The molecule has 1 saturated heterocycles.